The molecule has 2 N–H and O–H groups in total. The van der Waals surface area contributed by atoms with Crippen LogP contribution in [0.2, 0.25) is 0 Å². The summed E-state index contributed by atoms with van der Waals surface area (Å²) in [4.78, 5) is 19.0. The van der Waals surface area contributed by atoms with Gasteiger partial charge in [0.25, 0.3) is 5.91 Å². The molecule has 0 aliphatic carbocycles. The summed E-state index contributed by atoms with van der Waals surface area (Å²) in [6.45, 7) is 1.88. The van der Waals surface area contributed by atoms with E-state index in [0.717, 1.165) is 25.2 Å². The van der Waals surface area contributed by atoms with Gasteiger partial charge in [-0.3, -0.25) is 4.79 Å². The fourth-order valence-corrected chi connectivity index (χ4v) is 2.60. The van der Waals surface area contributed by atoms with E-state index in [4.69, 9.17) is 14.2 Å². The van der Waals surface area contributed by atoms with Crippen molar-refractivity contribution >= 4 is 17.4 Å². The van der Waals surface area contributed by atoms with Crippen LogP contribution in [0.4, 0.5) is 11.5 Å². The SMILES string of the molecule is COc1cc(C(=O)Nc2ccc(NCCCN(C)C)cn2)cc(OC)c1OC. The first-order chi connectivity index (χ1) is 13.5. The van der Waals surface area contributed by atoms with Crippen LogP contribution in [-0.4, -0.2) is 64.3 Å². The smallest absolute Gasteiger partial charge is 0.257 e. The Morgan fingerprint density at radius 2 is 1.75 bits per heavy atom. The number of carbonyl (C=O) groups is 1. The summed E-state index contributed by atoms with van der Waals surface area (Å²) in [7, 11) is 8.62. The van der Waals surface area contributed by atoms with Gasteiger partial charge in [0.2, 0.25) is 5.75 Å². The van der Waals surface area contributed by atoms with Gasteiger partial charge < -0.3 is 29.7 Å². The van der Waals surface area contributed by atoms with Crippen molar-refractivity contribution < 1.29 is 19.0 Å². The van der Waals surface area contributed by atoms with E-state index in [-0.39, 0.29) is 5.91 Å². The van der Waals surface area contributed by atoms with Crippen LogP contribution in [0.3, 0.4) is 0 Å². The van der Waals surface area contributed by atoms with E-state index >= 15 is 0 Å². The van der Waals surface area contributed by atoms with E-state index in [1.54, 1.807) is 24.4 Å². The topological polar surface area (TPSA) is 85.0 Å². The number of nitrogens with one attached hydrogen (secondary N) is 2. The van der Waals surface area contributed by atoms with Gasteiger partial charge in [-0.1, -0.05) is 0 Å². The van der Waals surface area contributed by atoms with Crippen molar-refractivity contribution in [2.24, 2.45) is 0 Å². The third-order valence-electron chi connectivity index (χ3n) is 4.04. The van der Waals surface area contributed by atoms with Gasteiger partial charge >= 0.3 is 0 Å². The zero-order valence-corrected chi connectivity index (χ0v) is 17.0. The number of anilines is 2. The molecular formula is C20H28N4O4. The van der Waals surface area contributed by atoms with E-state index in [9.17, 15) is 4.79 Å². The molecule has 0 unspecified atom stereocenters. The average molecular weight is 388 g/mol. The molecule has 8 heteroatoms. The first-order valence-electron chi connectivity index (χ1n) is 8.94. The fourth-order valence-electron chi connectivity index (χ4n) is 2.60. The highest BCUT2D eigenvalue weighted by molar-refractivity contribution is 6.04. The number of methoxy groups -OCH3 is 3. The molecule has 1 heterocycles. The second kappa shape index (κ2) is 10.4. The standard InChI is InChI=1S/C20H28N4O4/c1-24(2)10-6-9-21-15-7-8-18(22-13-15)23-20(25)14-11-16(26-3)19(28-5)17(12-14)27-4/h7-8,11-13,21H,6,9-10H2,1-5H3,(H,22,23,25). The Morgan fingerprint density at radius 3 is 2.25 bits per heavy atom. The van der Waals surface area contributed by atoms with E-state index < -0.39 is 0 Å². The molecule has 0 saturated heterocycles. The summed E-state index contributed by atoms with van der Waals surface area (Å²) in [5, 5.41) is 6.08. The zero-order chi connectivity index (χ0) is 20.5. The number of benzene rings is 1. The molecule has 0 aliphatic rings. The van der Waals surface area contributed by atoms with E-state index in [2.05, 4.69) is 20.5 Å². The van der Waals surface area contributed by atoms with Crippen molar-refractivity contribution in [1.29, 1.82) is 0 Å². The fraction of sp³-hybridized carbons (Fsp3) is 0.400. The Morgan fingerprint density at radius 1 is 1.07 bits per heavy atom. The molecule has 1 aromatic heterocycles. The molecule has 2 rings (SSSR count). The van der Waals surface area contributed by atoms with E-state index in [0.29, 0.717) is 28.6 Å². The maximum Gasteiger partial charge on any atom is 0.257 e. The maximum atomic E-state index is 12.6. The number of amides is 1. The largest absolute Gasteiger partial charge is 0.493 e. The van der Waals surface area contributed by atoms with Gasteiger partial charge in [0.15, 0.2) is 11.5 Å². The third kappa shape index (κ3) is 5.75. The lowest BCUT2D eigenvalue weighted by Gasteiger charge is -2.14. The maximum absolute atomic E-state index is 12.6. The minimum absolute atomic E-state index is 0.321. The molecule has 1 amide bonds. The number of hydrogen-bond donors (Lipinski definition) is 2. The minimum atomic E-state index is -0.321. The van der Waals surface area contributed by atoms with Gasteiger partial charge in [-0.2, -0.15) is 0 Å². The van der Waals surface area contributed by atoms with Crippen molar-refractivity contribution in [3.05, 3.63) is 36.0 Å². The zero-order valence-electron chi connectivity index (χ0n) is 17.0. The van der Waals surface area contributed by atoms with E-state index in [1.807, 2.05) is 20.2 Å². The quantitative estimate of drug-likeness (QED) is 0.605. The second-order valence-electron chi connectivity index (χ2n) is 6.38. The lowest BCUT2D eigenvalue weighted by molar-refractivity contribution is 0.102. The van der Waals surface area contributed by atoms with Gasteiger partial charge in [-0.25, -0.2) is 4.98 Å². The van der Waals surface area contributed by atoms with E-state index in [1.165, 1.54) is 21.3 Å². The highest BCUT2D eigenvalue weighted by Crippen LogP contribution is 2.38. The predicted molar refractivity (Wildman–Crippen MR) is 110 cm³/mol. The molecule has 8 nitrogen and oxygen atoms in total. The molecule has 1 aromatic carbocycles. The lowest BCUT2D eigenvalue weighted by atomic mass is 10.1. The molecule has 28 heavy (non-hydrogen) atoms. The average Bonchev–Trinajstić information content (AvgIpc) is 2.70. The van der Waals surface area contributed by atoms with Crippen molar-refractivity contribution in [1.82, 2.24) is 9.88 Å². The Bertz CT molecular complexity index is 753. The molecule has 0 radical (unpaired) electrons. The molecule has 0 bridgehead atoms. The Labute approximate surface area is 165 Å². The summed E-state index contributed by atoms with van der Waals surface area (Å²) >= 11 is 0. The summed E-state index contributed by atoms with van der Waals surface area (Å²) < 4.78 is 15.8. The monoisotopic (exact) mass is 388 g/mol. The van der Waals surface area contributed by atoms with Gasteiger partial charge in [0.1, 0.15) is 5.82 Å². The number of nitrogens with zero attached hydrogens (tertiary/aromatic N) is 2. The highest BCUT2D eigenvalue weighted by Gasteiger charge is 2.17. The number of ether oxygens (including phenoxy) is 3. The second-order valence-corrected chi connectivity index (χ2v) is 6.38. The molecule has 0 saturated carbocycles. The number of pyridine rings is 1. The summed E-state index contributed by atoms with van der Waals surface area (Å²) in [5.74, 6) is 1.40. The summed E-state index contributed by atoms with van der Waals surface area (Å²) in [6, 6.07) is 6.83. The molecule has 0 fully saturated rings. The van der Waals surface area contributed by atoms with Crippen molar-refractivity contribution in [2.45, 2.75) is 6.42 Å². The van der Waals surface area contributed by atoms with Crippen molar-refractivity contribution in [3.8, 4) is 17.2 Å². The first-order valence-corrected chi connectivity index (χ1v) is 8.94. The van der Waals surface area contributed by atoms with Gasteiger partial charge in [-0.15, -0.1) is 0 Å². The summed E-state index contributed by atoms with van der Waals surface area (Å²) in [5.41, 5.74) is 1.28. The van der Waals surface area contributed by atoms with Crippen LogP contribution >= 0.6 is 0 Å². The van der Waals surface area contributed by atoms with Crippen LogP contribution in [0.5, 0.6) is 17.2 Å². The summed E-state index contributed by atoms with van der Waals surface area (Å²) in [6.07, 6.45) is 2.73. The van der Waals surface area contributed by atoms with Crippen LogP contribution < -0.4 is 24.8 Å². The molecule has 0 atom stereocenters. The van der Waals surface area contributed by atoms with Gasteiger partial charge in [-0.05, 0) is 51.3 Å². The third-order valence-corrected chi connectivity index (χ3v) is 4.04. The Hall–Kier alpha value is -3.00. The number of rotatable bonds is 10. The Kier molecular flexibility index (Phi) is 7.88. The van der Waals surface area contributed by atoms with Crippen LogP contribution in [-0.2, 0) is 0 Å². The molecule has 152 valence electrons. The molecule has 0 aliphatic heterocycles. The first kappa shape index (κ1) is 21.3. The van der Waals surface area contributed by atoms with Gasteiger partial charge in [0, 0.05) is 12.1 Å². The molecule has 2 aromatic rings. The molecule has 0 spiro atoms. The Balaban J connectivity index is 2.02. The highest BCUT2D eigenvalue weighted by atomic mass is 16.5. The normalized spacial score (nSPS) is 10.5. The lowest BCUT2D eigenvalue weighted by Crippen LogP contribution is -2.16. The molecular weight excluding hydrogens is 360 g/mol. The van der Waals surface area contributed by atoms with Crippen LogP contribution in [0.25, 0.3) is 0 Å². The van der Waals surface area contributed by atoms with Crippen LogP contribution in [0.15, 0.2) is 30.5 Å². The van der Waals surface area contributed by atoms with Gasteiger partial charge in [0.05, 0.1) is 33.2 Å². The van der Waals surface area contributed by atoms with Crippen molar-refractivity contribution in [3.63, 3.8) is 0 Å². The number of carbonyl (C=O) groups excluding carboxylic acids is 1. The van der Waals surface area contributed by atoms with Crippen LogP contribution in [0.1, 0.15) is 16.8 Å². The predicted octanol–water partition coefficient (Wildman–Crippen LogP) is 2.72. The number of aromatic nitrogens is 1. The minimum Gasteiger partial charge on any atom is -0.493 e. The van der Waals surface area contributed by atoms with Crippen molar-refractivity contribution in [2.75, 3.05) is 59.1 Å². The van der Waals surface area contributed by atoms with Crippen LogP contribution in [0, 0.1) is 0 Å². The number of hydrogen-bond acceptors (Lipinski definition) is 7.